The lowest BCUT2D eigenvalue weighted by Gasteiger charge is -2.23. The quantitative estimate of drug-likeness (QED) is 0.860. The van der Waals surface area contributed by atoms with E-state index in [0.29, 0.717) is 11.4 Å². The van der Waals surface area contributed by atoms with E-state index < -0.39 is 14.5 Å². The molecule has 0 bridgehead atoms. The van der Waals surface area contributed by atoms with Crippen molar-refractivity contribution in [3.63, 3.8) is 0 Å². The number of anilines is 1. The average molecular weight is 332 g/mol. The summed E-state index contributed by atoms with van der Waals surface area (Å²) in [6.45, 7) is 1.92. The Morgan fingerprint density at radius 3 is 2.48 bits per heavy atom. The number of methoxy groups -OCH3 is 1. The molecule has 116 valence electrons. The summed E-state index contributed by atoms with van der Waals surface area (Å²) >= 11 is 0. The molecule has 21 heavy (non-hydrogen) atoms. The second-order valence-corrected chi connectivity index (χ2v) is 8.09. The summed E-state index contributed by atoms with van der Waals surface area (Å²) in [5.74, 6) is 0.274. The molecule has 0 saturated heterocycles. The van der Waals surface area contributed by atoms with Gasteiger partial charge < -0.3 is 10.1 Å². The summed E-state index contributed by atoms with van der Waals surface area (Å²) in [5.41, 5.74) is -0.0988. The molecule has 0 aliphatic heterocycles. The maximum atomic E-state index is 12.4. The van der Waals surface area contributed by atoms with Gasteiger partial charge in [-0.05, 0) is 31.0 Å². The largest absolute Gasteiger partial charge is 0.495 e. The average Bonchev–Trinajstić information content (AvgIpc) is 2.86. The Morgan fingerprint density at radius 2 is 1.95 bits per heavy atom. The van der Waals surface area contributed by atoms with Crippen LogP contribution in [0.25, 0.3) is 0 Å². The minimum Gasteiger partial charge on any atom is -0.495 e. The van der Waals surface area contributed by atoms with E-state index in [1.165, 1.54) is 25.3 Å². The smallest absolute Gasteiger partial charge is 0.261 e. The second-order valence-electron chi connectivity index (χ2n) is 5.52. The number of hydrogen-bond acceptors (Lipinski definition) is 4. The van der Waals surface area contributed by atoms with Crippen LogP contribution in [0.1, 0.15) is 32.6 Å². The molecule has 0 unspecified atom stereocenters. The summed E-state index contributed by atoms with van der Waals surface area (Å²) in [5, 5.41) is 2.77. The van der Waals surface area contributed by atoms with Crippen LogP contribution in [0.3, 0.4) is 0 Å². The molecule has 1 aromatic carbocycles. The first-order valence-corrected chi connectivity index (χ1v) is 9.01. The number of nitrogens with one attached hydrogen (secondary N) is 1. The van der Waals surface area contributed by atoms with Gasteiger partial charge in [-0.3, -0.25) is 4.79 Å². The van der Waals surface area contributed by atoms with Crippen molar-refractivity contribution in [3.8, 4) is 5.75 Å². The first-order chi connectivity index (χ1) is 9.76. The van der Waals surface area contributed by atoms with Crippen molar-refractivity contribution in [2.75, 3.05) is 12.4 Å². The number of halogens is 1. The van der Waals surface area contributed by atoms with Gasteiger partial charge in [-0.2, -0.15) is 0 Å². The number of carbonyl (C=O) groups excluding carboxylic acids is 1. The lowest BCUT2D eigenvalue weighted by molar-refractivity contribution is -0.124. The van der Waals surface area contributed by atoms with Gasteiger partial charge in [0.1, 0.15) is 5.75 Å². The van der Waals surface area contributed by atoms with Crippen LogP contribution >= 0.6 is 10.7 Å². The molecule has 0 heterocycles. The van der Waals surface area contributed by atoms with E-state index in [0.717, 1.165) is 25.7 Å². The van der Waals surface area contributed by atoms with Crippen molar-refractivity contribution < 1.29 is 17.9 Å². The van der Waals surface area contributed by atoms with Crippen LogP contribution in [0.2, 0.25) is 0 Å². The van der Waals surface area contributed by atoms with Crippen LogP contribution in [0, 0.1) is 5.41 Å². The Hall–Kier alpha value is -1.27. The highest BCUT2D eigenvalue weighted by Gasteiger charge is 2.36. The van der Waals surface area contributed by atoms with Crippen molar-refractivity contribution >= 4 is 31.3 Å². The summed E-state index contributed by atoms with van der Waals surface area (Å²) in [6, 6.07) is 4.13. The number of amides is 1. The number of benzene rings is 1. The molecule has 1 fully saturated rings. The summed E-state index contributed by atoms with van der Waals surface area (Å²) in [4.78, 5) is 12.3. The summed E-state index contributed by atoms with van der Waals surface area (Å²) < 4.78 is 28.0. The number of carbonyl (C=O) groups is 1. The number of hydrogen-bond donors (Lipinski definition) is 1. The minimum absolute atomic E-state index is 0.0724. The summed E-state index contributed by atoms with van der Waals surface area (Å²) in [6.07, 6.45) is 3.71. The molecule has 0 aromatic heterocycles. The molecular formula is C14H18ClNO4S. The molecule has 0 spiro atoms. The van der Waals surface area contributed by atoms with Gasteiger partial charge in [0, 0.05) is 16.1 Å². The normalized spacial score (nSPS) is 17.5. The highest BCUT2D eigenvalue weighted by Crippen LogP contribution is 2.39. The maximum Gasteiger partial charge on any atom is 0.261 e. The zero-order valence-corrected chi connectivity index (χ0v) is 13.6. The van der Waals surface area contributed by atoms with E-state index in [-0.39, 0.29) is 10.8 Å². The molecule has 1 aromatic rings. The molecule has 0 atom stereocenters. The number of ether oxygens (including phenoxy) is 1. The Labute approximate surface area is 129 Å². The van der Waals surface area contributed by atoms with Gasteiger partial charge in [-0.25, -0.2) is 8.42 Å². The third kappa shape index (κ3) is 3.49. The molecule has 7 heteroatoms. The predicted octanol–water partition coefficient (Wildman–Crippen LogP) is 3.14. The molecule has 1 aliphatic carbocycles. The van der Waals surface area contributed by atoms with Gasteiger partial charge in [0.05, 0.1) is 17.7 Å². The highest BCUT2D eigenvalue weighted by molar-refractivity contribution is 8.13. The maximum absolute atomic E-state index is 12.4. The monoisotopic (exact) mass is 331 g/mol. The molecule has 2 rings (SSSR count). The fraction of sp³-hybridized carbons (Fsp3) is 0.500. The fourth-order valence-corrected chi connectivity index (χ4v) is 3.37. The lowest BCUT2D eigenvalue weighted by Crippen LogP contribution is -2.31. The first-order valence-electron chi connectivity index (χ1n) is 6.70. The molecule has 1 aliphatic rings. The van der Waals surface area contributed by atoms with Crippen LogP contribution in [0.4, 0.5) is 5.69 Å². The Bertz CT molecular complexity index is 651. The van der Waals surface area contributed by atoms with E-state index in [1.807, 2.05) is 6.92 Å². The van der Waals surface area contributed by atoms with Crippen molar-refractivity contribution in [1.29, 1.82) is 0 Å². The zero-order chi connectivity index (χ0) is 15.7. The molecule has 0 radical (unpaired) electrons. The van der Waals surface area contributed by atoms with Gasteiger partial charge in [-0.1, -0.05) is 19.8 Å². The van der Waals surface area contributed by atoms with Gasteiger partial charge >= 0.3 is 0 Å². The second kappa shape index (κ2) is 5.85. The third-order valence-electron chi connectivity index (χ3n) is 3.96. The van der Waals surface area contributed by atoms with Gasteiger partial charge in [0.15, 0.2) is 0 Å². The number of rotatable bonds is 4. The molecule has 1 amide bonds. The Balaban J connectivity index is 2.31. The Kier molecular flexibility index (Phi) is 4.49. The van der Waals surface area contributed by atoms with Crippen LogP contribution < -0.4 is 10.1 Å². The highest BCUT2D eigenvalue weighted by atomic mass is 35.7. The van der Waals surface area contributed by atoms with Gasteiger partial charge in [0.25, 0.3) is 9.05 Å². The fourth-order valence-electron chi connectivity index (χ4n) is 2.59. The van der Waals surface area contributed by atoms with Crippen LogP contribution in [0.15, 0.2) is 23.1 Å². The van der Waals surface area contributed by atoms with E-state index >= 15 is 0 Å². The zero-order valence-electron chi connectivity index (χ0n) is 12.0. The van der Waals surface area contributed by atoms with Crippen molar-refractivity contribution in [2.24, 2.45) is 5.41 Å². The molecular weight excluding hydrogens is 314 g/mol. The lowest BCUT2D eigenvalue weighted by atomic mass is 9.88. The molecule has 1 N–H and O–H groups in total. The van der Waals surface area contributed by atoms with Crippen LogP contribution in [0.5, 0.6) is 5.75 Å². The van der Waals surface area contributed by atoms with Crippen molar-refractivity contribution in [2.45, 2.75) is 37.5 Å². The molecule has 1 saturated carbocycles. The summed E-state index contributed by atoms with van der Waals surface area (Å²) in [7, 11) is 2.94. The Morgan fingerprint density at radius 1 is 1.33 bits per heavy atom. The van der Waals surface area contributed by atoms with E-state index in [4.69, 9.17) is 15.4 Å². The van der Waals surface area contributed by atoms with Gasteiger partial charge in [-0.15, -0.1) is 0 Å². The minimum atomic E-state index is -3.85. The van der Waals surface area contributed by atoms with E-state index in [2.05, 4.69) is 5.32 Å². The van der Waals surface area contributed by atoms with E-state index in [1.54, 1.807) is 0 Å². The van der Waals surface area contributed by atoms with Crippen LogP contribution in [-0.2, 0) is 13.8 Å². The standard InChI is InChI=1S/C14H18ClNO4S/c1-14(7-3-4-8-14)13(17)16-11-9-10(21(15,18)19)5-6-12(11)20-2/h5-6,9H,3-4,7-8H2,1-2H3,(H,16,17). The van der Waals surface area contributed by atoms with Crippen molar-refractivity contribution in [3.05, 3.63) is 18.2 Å². The van der Waals surface area contributed by atoms with Crippen LogP contribution in [-0.4, -0.2) is 21.4 Å². The molecule has 5 nitrogen and oxygen atoms in total. The first kappa shape index (κ1) is 16.1. The predicted molar refractivity (Wildman–Crippen MR) is 81.2 cm³/mol. The van der Waals surface area contributed by atoms with E-state index in [9.17, 15) is 13.2 Å². The topological polar surface area (TPSA) is 72.5 Å². The van der Waals surface area contributed by atoms with Gasteiger partial charge in [0.2, 0.25) is 5.91 Å². The van der Waals surface area contributed by atoms with Crippen molar-refractivity contribution in [1.82, 2.24) is 0 Å². The SMILES string of the molecule is COc1ccc(S(=O)(=O)Cl)cc1NC(=O)C1(C)CCCC1. The third-order valence-corrected chi connectivity index (χ3v) is 5.31.